The average molecular weight is 556 g/mol. The Kier molecular flexibility index (Phi) is 5.17. The molecule has 0 bridgehead atoms. The molecular weight excluding hydrogens is 530 g/mol. The van der Waals surface area contributed by atoms with Crippen molar-refractivity contribution in [3.63, 3.8) is 0 Å². The molecule has 0 aliphatic heterocycles. The molecule has 8 aromatic rings. The number of aromatic nitrogens is 3. The fraction of sp³-hybridized carbons (Fsp3) is 0.0789. The topological polar surface area (TPSA) is 65.0 Å². The number of nitrogens with zero attached hydrogens (tertiary/aromatic N) is 3. The van der Waals surface area contributed by atoms with E-state index in [4.69, 9.17) is 23.8 Å². The highest BCUT2D eigenvalue weighted by Gasteiger charge is 2.29. The van der Waals surface area contributed by atoms with Gasteiger partial charge in [0.2, 0.25) is 0 Å². The number of furan rings is 2. The van der Waals surface area contributed by atoms with Crippen LogP contribution in [0.3, 0.4) is 0 Å². The van der Waals surface area contributed by atoms with Gasteiger partial charge in [-0.1, -0.05) is 97.9 Å². The smallest absolute Gasteiger partial charge is 0.164 e. The van der Waals surface area contributed by atoms with Gasteiger partial charge in [-0.3, -0.25) is 0 Å². The van der Waals surface area contributed by atoms with Gasteiger partial charge in [-0.2, -0.15) is 0 Å². The summed E-state index contributed by atoms with van der Waals surface area (Å²) in [6.45, 7) is 2.28. The van der Waals surface area contributed by atoms with Crippen molar-refractivity contribution in [1.29, 1.82) is 0 Å². The van der Waals surface area contributed by atoms with Crippen molar-refractivity contribution in [2.75, 3.05) is 0 Å². The zero-order valence-electron chi connectivity index (χ0n) is 23.4. The number of benzene rings is 5. The molecule has 9 rings (SSSR count). The van der Waals surface area contributed by atoms with Crippen molar-refractivity contribution in [1.82, 2.24) is 15.0 Å². The first-order chi connectivity index (χ1) is 21.2. The molecule has 5 heteroatoms. The number of hydrogen-bond donors (Lipinski definition) is 0. The van der Waals surface area contributed by atoms with Crippen molar-refractivity contribution in [3.8, 4) is 45.5 Å². The third-order valence-corrected chi connectivity index (χ3v) is 8.61. The van der Waals surface area contributed by atoms with Gasteiger partial charge in [0.25, 0.3) is 0 Å². The Morgan fingerprint density at radius 1 is 0.558 bits per heavy atom. The van der Waals surface area contributed by atoms with Crippen LogP contribution in [-0.2, 0) is 6.42 Å². The lowest BCUT2D eigenvalue weighted by atomic mass is 9.82. The lowest BCUT2D eigenvalue weighted by molar-refractivity contribution is 0.611. The third-order valence-electron chi connectivity index (χ3n) is 8.61. The predicted molar refractivity (Wildman–Crippen MR) is 171 cm³/mol. The molecule has 204 valence electrons. The normalized spacial score (nSPS) is 14.3. The molecule has 0 saturated carbocycles. The lowest BCUT2D eigenvalue weighted by Gasteiger charge is -2.21. The second-order valence-corrected chi connectivity index (χ2v) is 11.3. The Balaban J connectivity index is 1.28. The zero-order valence-corrected chi connectivity index (χ0v) is 23.4. The second kappa shape index (κ2) is 9.23. The average Bonchev–Trinajstić information content (AvgIpc) is 3.63. The summed E-state index contributed by atoms with van der Waals surface area (Å²) >= 11 is 0. The van der Waals surface area contributed by atoms with Crippen LogP contribution in [0.25, 0.3) is 78.4 Å². The summed E-state index contributed by atoms with van der Waals surface area (Å²) in [5.41, 5.74) is 8.97. The van der Waals surface area contributed by atoms with Gasteiger partial charge in [0.1, 0.15) is 22.5 Å². The first-order valence-electron chi connectivity index (χ1n) is 14.6. The Morgan fingerprint density at radius 3 is 2.16 bits per heavy atom. The summed E-state index contributed by atoms with van der Waals surface area (Å²) in [5.74, 6) is 3.16. The van der Waals surface area contributed by atoms with Gasteiger partial charge in [-0.25, -0.2) is 15.0 Å². The predicted octanol–water partition coefficient (Wildman–Crippen LogP) is 9.84. The Morgan fingerprint density at radius 2 is 1.26 bits per heavy atom. The SMILES string of the molecule is CC1Cc2c(oc3cccc(-c4nc(-c5ccccc5)nc(-c5ccc6c(c5)oc5ccccc56)n4)c23)-c2ccccc21. The molecule has 3 aromatic heterocycles. The van der Waals surface area contributed by atoms with Gasteiger partial charge < -0.3 is 8.83 Å². The maximum absolute atomic E-state index is 6.55. The fourth-order valence-electron chi connectivity index (χ4n) is 6.57. The molecule has 3 heterocycles. The molecule has 5 nitrogen and oxygen atoms in total. The first kappa shape index (κ1) is 24.1. The molecule has 0 radical (unpaired) electrons. The van der Waals surface area contributed by atoms with Crippen LogP contribution in [-0.4, -0.2) is 15.0 Å². The summed E-state index contributed by atoms with van der Waals surface area (Å²) in [6, 6.07) is 39.1. The molecule has 0 amide bonds. The Labute approximate surface area is 247 Å². The molecule has 1 aliphatic rings. The molecule has 1 unspecified atom stereocenters. The van der Waals surface area contributed by atoms with Gasteiger partial charge in [-0.15, -0.1) is 0 Å². The minimum atomic E-state index is 0.377. The van der Waals surface area contributed by atoms with Crippen molar-refractivity contribution >= 4 is 32.9 Å². The number of fused-ring (bicyclic) bond motifs is 8. The minimum Gasteiger partial charge on any atom is -0.456 e. The monoisotopic (exact) mass is 555 g/mol. The highest BCUT2D eigenvalue weighted by atomic mass is 16.3. The maximum Gasteiger partial charge on any atom is 0.164 e. The summed E-state index contributed by atoms with van der Waals surface area (Å²) in [7, 11) is 0. The van der Waals surface area contributed by atoms with Gasteiger partial charge in [0, 0.05) is 44.0 Å². The van der Waals surface area contributed by atoms with Crippen molar-refractivity contribution in [2.24, 2.45) is 0 Å². The van der Waals surface area contributed by atoms with Gasteiger partial charge in [0.05, 0.1) is 0 Å². The van der Waals surface area contributed by atoms with E-state index in [0.29, 0.717) is 23.4 Å². The van der Waals surface area contributed by atoms with Crippen LogP contribution in [0, 0.1) is 0 Å². The van der Waals surface area contributed by atoms with Crippen molar-refractivity contribution < 1.29 is 8.83 Å². The van der Waals surface area contributed by atoms with Crippen LogP contribution in [0.5, 0.6) is 0 Å². The summed E-state index contributed by atoms with van der Waals surface area (Å²) < 4.78 is 12.8. The Hall–Kier alpha value is -5.55. The minimum absolute atomic E-state index is 0.377. The number of para-hydroxylation sites is 1. The van der Waals surface area contributed by atoms with Crippen LogP contribution in [0.4, 0.5) is 0 Å². The fourth-order valence-corrected chi connectivity index (χ4v) is 6.57. The third kappa shape index (κ3) is 3.75. The van der Waals surface area contributed by atoms with E-state index in [0.717, 1.165) is 61.8 Å². The largest absolute Gasteiger partial charge is 0.456 e. The van der Waals surface area contributed by atoms with Gasteiger partial charge in [0.15, 0.2) is 17.5 Å². The summed E-state index contributed by atoms with van der Waals surface area (Å²) in [6.07, 6.45) is 0.891. The zero-order chi connectivity index (χ0) is 28.5. The molecule has 43 heavy (non-hydrogen) atoms. The summed E-state index contributed by atoms with van der Waals surface area (Å²) in [4.78, 5) is 15.1. The van der Waals surface area contributed by atoms with Crippen LogP contribution in [0.2, 0.25) is 0 Å². The van der Waals surface area contributed by atoms with E-state index in [1.165, 1.54) is 16.7 Å². The maximum atomic E-state index is 6.55. The molecule has 1 atom stereocenters. The number of rotatable bonds is 3. The molecular formula is C38H25N3O2. The molecule has 5 aromatic carbocycles. The van der Waals surface area contributed by atoms with E-state index in [1.54, 1.807) is 0 Å². The standard InChI is InChI=1S/C38H25N3O2/c1-22-20-30-34-29(15-9-17-32(34)43-35(30)28-14-6-5-12-25(22)28)38-40-36(23-10-3-2-4-11-23)39-37(41-38)24-18-19-27-26-13-7-8-16-31(26)42-33(27)21-24/h2-19,21-22H,20H2,1H3. The van der Waals surface area contributed by atoms with E-state index < -0.39 is 0 Å². The van der Waals surface area contributed by atoms with Gasteiger partial charge >= 0.3 is 0 Å². The van der Waals surface area contributed by atoms with Crippen LogP contribution in [0.1, 0.15) is 24.0 Å². The second-order valence-electron chi connectivity index (χ2n) is 11.3. The van der Waals surface area contributed by atoms with E-state index in [-0.39, 0.29) is 0 Å². The quantitative estimate of drug-likeness (QED) is 0.217. The van der Waals surface area contributed by atoms with E-state index in [1.807, 2.05) is 66.7 Å². The van der Waals surface area contributed by atoms with E-state index >= 15 is 0 Å². The Bertz CT molecular complexity index is 2350. The van der Waals surface area contributed by atoms with Gasteiger partial charge in [-0.05, 0) is 42.2 Å². The van der Waals surface area contributed by atoms with Crippen LogP contribution < -0.4 is 0 Å². The summed E-state index contributed by atoms with van der Waals surface area (Å²) in [5, 5.41) is 3.24. The number of hydrogen-bond acceptors (Lipinski definition) is 5. The van der Waals surface area contributed by atoms with Crippen LogP contribution in [0.15, 0.2) is 124 Å². The van der Waals surface area contributed by atoms with E-state index in [9.17, 15) is 0 Å². The van der Waals surface area contributed by atoms with Crippen LogP contribution >= 0.6 is 0 Å². The molecule has 0 N–H and O–H groups in total. The molecule has 0 spiro atoms. The highest BCUT2D eigenvalue weighted by molar-refractivity contribution is 6.06. The molecule has 0 fully saturated rings. The molecule has 0 saturated heterocycles. The first-order valence-corrected chi connectivity index (χ1v) is 14.6. The highest BCUT2D eigenvalue weighted by Crippen LogP contribution is 2.46. The van der Waals surface area contributed by atoms with Crippen molar-refractivity contribution in [2.45, 2.75) is 19.3 Å². The molecule has 1 aliphatic carbocycles. The van der Waals surface area contributed by atoms with Crippen molar-refractivity contribution in [3.05, 3.63) is 126 Å². The van der Waals surface area contributed by atoms with E-state index in [2.05, 4.69) is 55.5 Å². The lowest BCUT2D eigenvalue weighted by Crippen LogP contribution is -2.07.